The fraction of sp³-hybridized carbons (Fsp3) is 0.211. The van der Waals surface area contributed by atoms with E-state index >= 15 is 0 Å². The first kappa shape index (κ1) is 18.1. The molecule has 0 N–H and O–H groups in total. The Morgan fingerprint density at radius 3 is 2.89 bits per heavy atom. The van der Waals surface area contributed by atoms with E-state index in [2.05, 4.69) is 4.99 Å². The highest BCUT2D eigenvalue weighted by atomic mass is 32.1. The molecule has 138 valence electrons. The second-order valence-corrected chi connectivity index (χ2v) is 8.64. The number of nitrogens with zero attached hydrogens (tertiary/aromatic N) is 2. The maximum absolute atomic E-state index is 13.2. The Balaban J connectivity index is 1.96. The van der Waals surface area contributed by atoms with Crippen LogP contribution in [0.1, 0.15) is 30.3 Å². The second-order valence-electron chi connectivity index (χ2n) is 5.87. The summed E-state index contributed by atoms with van der Waals surface area (Å²) >= 11 is 4.44. The lowest BCUT2D eigenvalue weighted by Gasteiger charge is -2.23. The van der Waals surface area contributed by atoms with Gasteiger partial charge in [-0.3, -0.25) is 9.36 Å². The van der Waals surface area contributed by atoms with Crippen LogP contribution in [0.5, 0.6) is 0 Å². The predicted octanol–water partition coefficient (Wildman–Crippen LogP) is 2.92. The van der Waals surface area contributed by atoms with E-state index in [9.17, 15) is 9.59 Å². The minimum Gasteiger partial charge on any atom is -0.463 e. The molecule has 8 heteroatoms. The molecule has 1 aliphatic rings. The van der Waals surface area contributed by atoms with Crippen LogP contribution in [0.3, 0.4) is 0 Å². The van der Waals surface area contributed by atoms with E-state index < -0.39 is 12.0 Å². The van der Waals surface area contributed by atoms with Crippen LogP contribution in [-0.2, 0) is 9.53 Å². The molecule has 0 radical (unpaired) electrons. The summed E-state index contributed by atoms with van der Waals surface area (Å²) in [5, 5.41) is 5.90. The number of hydrogen-bond donors (Lipinski definition) is 0. The van der Waals surface area contributed by atoms with Crippen LogP contribution in [-0.4, -0.2) is 17.1 Å². The number of thiazole rings is 1. The average Bonchev–Trinajstić information content (AvgIpc) is 3.38. The summed E-state index contributed by atoms with van der Waals surface area (Å²) < 4.78 is 7.48. The summed E-state index contributed by atoms with van der Waals surface area (Å²) in [5.74, 6) is -0.427. The van der Waals surface area contributed by atoms with Gasteiger partial charge >= 0.3 is 5.97 Å². The highest BCUT2D eigenvalue weighted by Gasteiger charge is 2.33. The molecule has 0 amide bonds. The smallest absolute Gasteiger partial charge is 0.338 e. The monoisotopic (exact) mass is 416 g/mol. The number of carbonyl (C=O) groups excluding carboxylic acids is 1. The van der Waals surface area contributed by atoms with E-state index in [1.807, 2.05) is 40.4 Å². The van der Waals surface area contributed by atoms with E-state index in [4.69, 9.17) is 4.74 Å². The van der Waals surface area contributed by atoms with E-state index in [-0.39, 0.29) is 12.2 Å². The summed E-state index contributed by atoms with van der Waals surface area (Å²) in [6.45, 7) is 3.84. The second kappa shape index (κ2) is 7.38. The van der Waals surface area contributed by atoms with Gasteiger partial charge in [-0.15, -0.1) is 11.3 Å². The molecule has 5 nitrogen and oxygen atoms in total. The van der Waals surface area contributed by atoms with Crippen LogP contribution in [0.15, 0.2) is 55.4 Å². The molecule has 27 heavy (non-hydrogen) atoms. The zero-order valence-electron chi connectivity index (χ0n) is 14.7. The van der Waals surface area contributed by atoms with E-state index in [0.717, 1.165) is 10.4 Å². The van der Waals surface area contributed by atoms with E-state index in [0.29, 0.717) is 20.6 Å². The SMILES string of the molecule is CCOC(=O)C1=C(C)N=c2sc(=Cc3ccsc3)c(=O)n2C1c1cccs1. The molecular weight excluding hydrogens is 400 g/mol. The Kier molecular flexibility index (Phi) is 4.94. The van der Waals surface area contributed by atoms with Crippen molar-refractivity contribution in [1.29, 1.82) is 0 Å². The lowest BCUT2D eigenvalue weighted by molar-refractivity contribution is -0.139. The Hall–Kier alpha value is -2.29. The molecule has 1 aliphatic heterocycles. The summed E-state index contributed by atoms with van der Waals surface area (Å²) in [7, 11) is 0. The van der Waals surface area contributed by atoms with Crippen LogP contribution in [0.4, 0.5) is 0 Å². The number of rotatable bonds is 4. The number of fused-ring (bicyclic) bond motifs is 1. The summed E-state index contributed by atoms with van der Waals surface area (Å²) in [5.41, 5.74) is 1.86. The molecule has 0 saturated heterocycles. The maximum atomic E-state index is 13.2. The lowest BCUT2D eigenvalue weighted by atomic mass is 10.0. The molecule has 0 spiro atoms. The van der Waals surface area contributed by atoms with Crippen molar-refractivity contribution in [2.24, 2.45) is 4.99 Å². The molecule has 0 fully saturated rings. The molecule has 3 aromatic rings. The number of ether oxygens (including phenoxy) is 1. The van der Waals surface area contributed by atoms with E-state index in [1.165, 1.54) is 22.7 Å². The van der Waals surface area contributed by atoms with Gasteiger partial charge in [-0.1, -0.05) is 17.4 Å². The summed E-state index contributed by atoms with van der Waals surface area (Å²) in [6.07, 6.45) is 1.87. The molecule has 1 unspecified atom stereocenters. The van der Waals surface area contributed by atoms with Gasteiger partial charge in [0, 0.05) is 4.88 Å². The van der Waals surface area contributed by atoms with Crippen molar-refractivity contribution in [3.8, 4) is 0 Å². The number of hydrogen-bond acceptors (Lipinski definition) is 7. The summed E-state index contributed by atoms with van der Waals surface area (Å²) in [6, 6.07) is 5.31. The Morgan fingerprint density at radius 1 is 1.37 bits per heavy atom. The van der Waals surface area contributed by atoms with Crippen molar-refractivity contribution >= 4 is 46.1 Å². The predicted molar refractivity (Wildman–Crippen MR) is 109 cm³/mol. The Bertz CT molecular complexity index is 1180. The van der Waals surface area contributed by atoms with Crippen molar-refractivity contribution in [3.63, 3.8) is 0 Å². The van der Waals surface area contributed by atoms with Crippen molar-refractivity contribution in [2.75, 3.05) is 6.61 Å². The zero-order valence-corrected chi connectivity index (χ0v) is 17.1. The number of aromatic nitrogens is 1. The van der Waals surface area contributed by atoms with Gasteiger partial charge in [0.05, 0.1) is 22.4 Å². The molecular formula is C19H16N2O3S3. The van der Waals surface area contributed by atoms with E-state index in [1.54, 1.807) is 29.8 Å². The van der Waals surface area contributed by atoms with Gasteiger partial charge in [0.15, 0.2) is 4.80 Å². The summed E-state index contributed by atoms with van der Waals surface area (Å²) in [4.78, 5) is 31.9. The van der Waals surface area contributed by atoms with Crippen molar-refractivity contribution in [1.82, 2.24) is 4.57 Å². The fourth-order valence-electron chi connectivity index (χ4n) is 3.02. The minimum atomic E-state index is -0.509. The Labute approximate surface area is 167 Å². The third kappa shape index (κ3) is 3.24. The topological polar surface area (TPSA) is 60.7 Å². The van der Waals surface area contributed by atoms with Gasteiger partial charge in [-0.2, -0.15) is 11.3 Å². The van der Waals surface area contributed by atoms with Crippen LogP contribution < -0.4 is 14.9 Å². The van der Waals surface area contributed by atoms with Crippen molar-refractivity contribution in [3.05, 3.63) is 75.7 Å². The first-order chi connectivity index (χ1) is 13.1. The van der Waals surface area contributed by atoms with Gasteiger partial charge in [0.1, 0.15) is 6.04 Å². The Morgan fingerprint density at radius 2 is 2.22 bits per heavy atom. The first-order valence-corrected chi connectivity index (χ1v) is 11.0. The zero-order chi connectivity index (χ0) is 19.0. The first-order valence-electron chi connectivity index (χ1n) is 8.35. The van der Waals surface area contributed by atoms with Crippen molar-refractivity contribution < 1.29 is 9.53 Å². The van der Waals surface area contributed by atoms with Crippen LogP contribution in [0.25, 0.3) is 6.08 Å². The number of esters is 1. The highest BCUT2D eigenvalue weighted by molar-refractivity contribution is 7.10. The van der Waals surface area contributed by atoms with Gasteiger partial charge in [-0.25, -0.2) is 9.79 Å². The molecule has 1 atom stereocenters. The molecule has 4 heterocycles. The largest absolute Gasteiger partial charge is 0.463 e. The fourth-order valence-corrected chi connectivity index (χ4v) is 5.50. The third-order valence-corrected chi connectivity index (χ3v) is 6.78. The molecule has 0 bridgehead atoms. The molecule has 3 aromatic heterocycles. The molecule has 0 saturated carbocycles. The van der Waals surface area contributed by atoms with Gasteiger partial charge in [0.25, 0.3) is 5.56 Å². The van der Waals surface area contributed by atoms with Crippen molar-refractivity contribution in [2.45, 2.75) is 19.9 Å². The number of carbonyl (C=O) groups is 1. The molecule has 0 aliphatic carbocycles. The normalized spacial score (nSPS) is 17.0. The quantitative estimate of drug-likeness (QED) is 0.615. The van der Waals surface area contributed by atoms with Gasteiger partial charge in [0.2, 0.25) is 0 Å². The standard InChI is InChI=1S/C19H16N2O3S3/c1-3-24-18(23)15-11(2)20-19-21(16(15)13-5-4-7-26-13)17(22)14(27-19)9-12-6-8-25-10-12/h4-10,16H,3H2,1-2H3. The van der Waals surface area contributed by atoms with Gasteiger partial charge in [-0.05, 0) is 53.8 Å². The number of allylic oxidation sites excluding steroid dienone is 1. The lowest BCUT2D eigenvalue weighted by Crippen LogP contribution is -2.39. The third-order valence-electron chi connectivity index (χ3n) is 4.17. The van der Waals surface area contributed by atoms with Crippen LogP contribution >= 0.6 is 34.0 Å². The maximum Gasteiger partial charge on any atom is 0.338 e. The van der Waals surface area contributed by atoms with Gasteiger partial charge < -0.3 is 4.74 Å². The molecule has 0 aromatic carbocycles. The average molecular weight is 417 g/mol. The van der Waals surface area contributed by atoms with Crippen LogP contribution in [0, 0.1) is 0 Å². The molecule has 4 rings (SSSR count). The highest BCUT2D eigenvalue weighted by Crippen LogP contribution is 2.33. The minimum absolute atomic E-state index is 0.141. The van der Waals surface area contributed by atoms with Crippen LogP contribution in [0.2, 0.25) is 0 Å². The number of thiophene rings is 2.